The van der Waals surface area contributed by atoms with Crippen LogP contribution in [0.5, 0.6) is 5.75 Å². The number of carbonyl (C=O) groups excluding carboxylic acids is 1. The van der Waals surface area contributed by atoms with Crippen molar-refractivity contribution >= 4 is 40.6 Å². The van der Waals surface area contributed by atoms with Crippen LogP contribution in [-0.4, -0.2) is 22.4 Å². The number of alkyl halides is 6. The molecule has 0 saturated carbocycles. The van der Waals surface area contributed by atoms with Crippen molar-refractivity contribution < 1.29 is 22.7 Å². The topological polar surface area (TPSA) is 26.3 Å². The minimum Gasteiger partial charge on any atom is -0.483 e. The van der Waals surface area contributed by atoms with Gasteiger partial charge in [-0.1, -0.05) is 46.9 Å². The maximum absolute atomic E-state index is 12.0. The third-order valence-corrected chi connectivity index (χ3v) is 2.30. The second-order valence-electron chi connectivity index (χ2n) is 3.23. The average Bonchev–Trinajstić information content (AvgIpc) is 2.23. The van der Waals surface area contributed by atoms with Gasteiger partial charge in [0.1, 0.15) is 5.75 Å². The molecule has 18 heavy (non-hydrogen) atoms. The molecule has 0 radical (unpaired) electrons. The van der Waals surface area contributed by atoms with Gasteiger partial charge in [0.2, 0.25) is 5.78 Å². The Morgan fingerprint density at radius 1 is 1.17 bits per heavy atom. The summed E-state index contributed by atoms with van der Waals surface area (Å²) in [6.07, 6.45) is -4.52. The molecule has 0 aliphatic heterocycles. The van der Waals surface area contributed by atoms with E-state index >= 15 is 0 Å². The van der Waals surface area contributed by atoms with Gasteiger partial charge in [-0.05, 0) is 12.1 Å². The Morgan fingerprint density at radius 2 is 1.72 bits per heavy atom. The predicted molar refractivity (Wildman–Crippen MR) is 62.6 cm³/mol. The van der Waals surface area contributed by atoms with Crippen molar-refractivity contribution in [2.24, 2.45) is 0 Å². The fraction of sp³-hybridized carbons (Fsp3) is 0.300. The first kappa shape index (κ1) is 15.4. The molecule has 1 aromatic rings. The molecule has 0 aliphatic rings. The van der Waals surface area contributed by atoms with E-state index in [2.05, 4.69) is 4.74 Å². The summed E-state index contributed by atoms with van der Waals surface area (Å²) >= 11 is 16.2. The van der Waals surface area contributed by atoms with Crippen LogP contribution in [0.2, 0.25) is 0 Å². The molecule has 100 valence electrons. The minimum atomic E-state index is -4.52. The van der Waals surface area contributed by atoms with Crippen molar-refractivity contribution in [3.63, 3.8) is 0 Å². The number of ketones is 1. The fourth-order valence-corrected chi connectivity index (χ4v) is 1.40. The number of para-hydroxylation sites is 1. The molecule has 0 spiro atoms. The molecular weight excluding hydrogens is 315 g/mol. The van der Waals surface area contributed by atoms with Gasteiger partial charge in [-0.2, -0.15) is 13.2 Å². The number of ether oxygens (including phenoxy) is 1. The number of carbonyl (C=O) groups is 1. The lowest BCUT2D eigenvalue weighted by molar-refractivity contribution is -0.153. The molecule has 0 bridgehead atoms. The van der Waals surface area contributed by atoms with Gasteiger partial charge in [0.15, 0.2) is 6.61 Å². The lowest BCUT2D eigenvalue weighted by Gasteiger charge is -2.15. The Kier molecular flexibility index (Phi) is 4.75. The van der Waals surface area contributed by atoms with E-state index in [0.717, 1.165) is 0 Å². The van der Waals surface area contributed by atoms with Gasteiger partial charge >= 0.3 is 6.18 Å². The molecule has 0 unspecified atom stereocenters. The highest BCUT2D eigenvalue weighted by Crippen LogP contribution is 2.34. The lowest BCUT2D eigenvalue weighted by Crippen LogP contribution is -2.23. The van der Waals surface area contributed by atoms with E-state index in [4.69, 9.17) is 34.8 Å². The van der Waals surface area contributed by atoms with E-state index < -0.39 is 22.4 Å². The summed E-state index contributed by atoms with van der Waals surface area (Å²) < 4.78 is 38.3. The smallest absolute Gasteiger partial charge is 0.422 e. The molecule has 0 aliphatic carbocycles. The maximum Gasteiger partial charge on any atom is 0.422 e. The van der Waals surface area contributed by atoms with Crippen molar-refractivity contribution in [2.75, 3.05) is 6.61 Å². The first-order chi connectivity index (χ1) is 8.11. The second kappa shape index (κ2) is 5.55. The molecule has 2 nitrogen and oxygen atoms in total. The van der Waals surface area contributed by atoms with E-state index in [-0.39, 0.29) is 11.3 Å². The van der Waals surface area contributed by atoms with Crippen LogP contribution in [-0.2, 0) is 0 Å². The van der Waals surface area contributed by atoms with Crippen LogP contribution in [0, 0.1) is 0 Å². The minimum absolute atomic E-state index is 0.221. The highest BCUT2D eigenvalue weighted by molar-refractivity contribution is 6.77. The van der Waals surface area contributed by atoms with Gasteiger partial charge < -0.3 is 4.74 Å². The van der Waals surface area contributed by atoms with Crippen LogP contribution < -0.4 is 4.74 Å². The average molecular weight is 322 g/mol. The summed E-state index contributed by atoms with van der Waals surface area (Å²) in [6, 6.07) is 5.23. The van der Waals surface area contributed by atoms with Crippen LogP contribution in [0.15, 0.2) is 24.3 Å². The van der Waals surface area contributed by atoms with Crippen molar-refractivity contribution in [3.05, 3.63) is 29.8 Å². The number of benzene rings is 1. The molecule has 0 fully saturated rings. The summed E-state index contributed by atoms with van der Waals surface area (Å²) in [5.41, 5.74) is -0.221. The quantitative estimate of drug-likeness (QED) is 0.616. The summed E-state index contributed by atoms with van der Waals surface area (Å²) in [5.74, 6) is -1.24. The molecule has 1 rings (SSSR count). The Labute approximate surface area is 116 Å². The van der Waals surface area contributed by atoms with E-state index in [1.165, 1.54) is 24.3 Å². The lowest BCUT2D eigenvalue weighted by atomic mass is 10.1. The van der Waals surface area contributed by atoms with E-state index in [0.29, 0.717) is 0 Å². The Hall–Kier alpha value is -0.650. The highest BCUT2D eigenvalue weighted by Gasteiger charge is 2.34. The number of hydrogen-bond donors (Lipinski definition) is 0. The maximum atomic E-state index is 12.0. The van der Waals surface area contributed by atoms with Gasteiger partial charge in [0.05, 0.1) is 5.56 Å². The Balaban J connectivity index is 2.97. The van der Waals surface area contributed by atoms with Crippen LogP contribution in [0.1, 0.15) is 10.4 Å². The van der Waals surface area contributed by atoms with Gasteiger partial charge in [-0.25, -0.2) is 0 Å². The SMILES string of the molecule is O=C(c1ccccc1OCC(F)(F)F)C(Cl)(Cl)Cl. The van der Waals surface area contributed by atoms with Crippen LogP contribution in [0.3, 0.4) is 0 Å². The zero-order valence-electron chi connectivity index (χ0n) is 8.60. The molecule has 0 aromatic heterocycles. The van der Waals surface area contributed by atoms with Gasteiger partial charge in [-0.3, -0.25) is 4.79 Å². The molecule has 0 heterocycles. The van der Waals surface area contributed by atoms with Crippen molar-refractivity contribution in [1.82, 2.24) is 0 Å². The summed E-state index contributed by atoms with van der Waals surface area (Å²) in [5, 5.41) is 0. The van der Waals surface area contributed by atoms with Crippen LogP contribution in [0.4, 0.5) is 13.2 Å². The van der Waals surface area contributed by atoms with Crippen LogP contribution in [0.25, 0.3) is 0 Å². The molecule has 0 saturated heterocycles. The molecule has 1 aromatic carbocycles. The fourth-order valence-electron chi connectivity index (χ4n) is 1.09. The first-order valence-electron chi connectivity index (χ1n) is 4.51. The van der Waals surface area contributed by atoms with Crippen molar-refractivity contribution in [2.45, 2.75) is 9.97 Å². The van der Waals surface area contributed by atoms with Crippen molar-refractivity contribution in [3.8, 4) is 5.75 Å². The Bertz CT molecular complexity index is 441. The summed E-state index contributed by atoms with van der Waals surface area (Å²) in [4.78, 5) is 11.7. The second-order valence-corrected chi connectivity index (χ2v) is 5.51. The van der Waals surface area contributed by atoms with Crippen molar-refractivity contribution in [1.29, 1.82) is 0 Å². The van der Waals surface area contributed by atoms with Gasteiger partial charge in [-0.15, -0.1) is 0 Å². The first-order valence-corrected chi connectivity index (χ1v) is 5.65. The van der Waals surface area contributed by atoms with E-state index in [1.54, 1.807) is 0 Å². The van der Waals surface area contributed by atoms with Crippen LogP contribution >= 0.6 is 34.8 Å². The van der Waals surface area contributed by atoms with E-state index in [9.17, 15) is 18.0 Å². The molecule has 0 amide bonds. The largest absolute Gasteiger partial charge is 0.483 e. The monoisotopic (exact) mass is 320 g/mol. The third-order valence-electron chi connectivity index (χ3n) is 1.78. The Morgan fingerprint density at radius 3 is 2.22 bits per heavy atom. The molecule has 8 heteroatoms. The number of hydrogen-bond acceptors (Lipinski definition) is 2. The van der Waals surface area contributed by atoms with Gasteiger partial charge in [0, 0.05) is 0 Å². The molecular formula is C10H6Cl3F3O2. The zero-order chi connectivity index (χ0) is 14.0. The predicted octanol–water partition coefficient (Wildman–Crippen LogP) is 4.18. The number of Topliss-reactive ketones (excluding diaryl/α,β-unsaturated/α-hetero) is 1. The third kappa shape index (κ3) is 4.55. The normalized spacial score (nSPS) is 12.3. The highest BCUT2D eigenvalue weighted by atomic mass is 35.6. The molecule has 0 atom stereocenters. The summed E-state index contributed by atoms with van der Waals surface area (Å²) in [6.45, 7) is -1.53. The zero-order valence-corrected chi connectivity index (χ0v) is 10.9. The standard InChI is InChI=1S/C10H6Cl3F3O2/c11-10(12,13)8(17)6-3-1-2-4-7(6)18-5-9(14,15)16/h1-4H,5H2. The number of rotatable bonds is 3. The summed E-state index contributed by atoms with van der Waals surface area (Å²) in [7, 11) is 0. The molecule has 0 N–H and O–H groups in total. The number of halogens is 6. The van der Waals surface area contributed by atoms with Gasteiger partial charge in [0.25, 0.3) is 3.79 Å². The van der Waals surface area contributed by atoms with E-state index in [1.807, 2.05) is 0 Å².